The van der Waals surface area contributed by atoms with Crippen LogP contribution in [-0.2, 0) is 13.5 Å². The molecule has 4 heteroatoms. The fourth-order valence-electron chi connectivity index (χ4n) is 1.94. The zero-order valence-electron chi connectivity index (χ0n) is 11.2. The summed E-state index contributed by atoms with van der Waals surface area (Å²) in [6.07, 6.45) is 0.783. The minimum Gasteiger partial charge on any atom is -0.321 e. The molecule has 1 heterocycles. The first-order valence-corrected chi connectivity index (χ1v) is 6.28. The molecule has 0 radical (unpaired) electrons. The van der Waals surface area contributed by atoms with E-state index in [4.69, 9.17) is 5.73 Å². The molecule has 0 bridgehead atoms. The molecule has 0 aliphatic heterocycles. The van der Waals surface area contributed by atoms with Gasteiger partial charge in [-0.1, -0.05) is 44.2 Å². The summed E-state index contributed by atoms with van der Waals surface area (Å²) >= 11 is 0. The second-order valence-electron chi connectivity index (χ2n) is 4.90. The number of aryl methyl sites for hydroxylation is 1. The van der Waals surface area contributed by atoms with Gasteiger partial charge < -0.3 is 5.73 Å². The van der Waals surface area contributed by atoms with Gasteiger partial charge in [0.25, 0.3) is 0 Å². The topological polar surface area (TPSA) is 56.7 Å². The molecule has 1 aromatic carbocycles. The molecular formula is C14H20N4. The molecule has 0 saturated heterocycles. The number of nitrogens with zero attached hydrogens (tertiary/aromatic N) is 3. The predicted molar refractivity (Wildman–Crippen MR) is 72.2 cm³/mol. The van der Waals surface area contributed by atoms with E-state index in [2.05, 4.69) is 36.1 Å². The van der Waals surface area contributed by atoms with Crippen molar-refractivity contribution in [2.75, 3.05) is 0 Å². The maximum Gasteiger partial charge on any atom is 0.153 e. The molecule has 2 N–H and O–H groups in total. The Labute approximate surface area is 108 Å². The minimum absolute atomic E-state index is 0.114. The third-order valence-corrected chi connectivity index (χ3v) is 2.96. The van der Waals surface area contributed by atoms with E-state index >= 15 is 0 Å². The van der Waals surface area contributed by atoms with Gasteiger partial charge in [-0.05, 0) is 12.0 Å². The zero-order chi connectivity index (χ0) is 13.1. The van der Waals surface area contributed by atoms with Crippen molar-refractivity contribution in [2.24, 2.45) is 12.8 Å². The highest BCUT2D eigenvalue weighted by Gasteiger charge is 2.16. The van der Waals surface area contributed by atoms with Crippen LogP contribution in [0.25, 0.3) is 0 Å². The molecule has 2 rings (SSSR count). The van der Waals surface area contributed by atoms with Gasteiger partial charge in [0.05, 0.1) is 6.04 Å². The Morgan fingerprint density at radius 2 is 1.89 bits per heavy atom. The highest BCUT2D eigenvalue weighted by atomic mass is 15.3. The van der Waals surface area contributed by atoms with Crippen LogP contribution < -0.4 is 5.73 Å². The summed E-state index contributed by atoms with van der Waals surface area (Å²) in [7, 11) is 1.90. The van der Waals surface area contributed by atoms with Crippen molar-refractivity contribution >= 4 is 0 Å². The summed E-state index contributed by atoms with van der Waals surface area (Å²) in [5, 5.41) is 4.40. The lowest BCUT2D eigenvalue weighted by Gasteiger charge is -2.10. The Bertz CT molecular complexity index is 502. The van der Waals surface area contributed by atoms with Crippen molar-refractivity contribution in [1.82, 2.24) is 14.8 Å². The van der Waals surface area contributed by atoms with Crippen molar-refractivity contribution in [1.29, 1.82) is 0 Å². The maximum absolute atomic E-state index is 6.22. The van der Waals surface area contributed by atoms with Gasteiger partial charge in [0.15, 0.2) is 5.82 Å². The Balaban J connectivity index is 2.16. The lowest BCUT2D eigenvalue weighted by atomic mass is 10.1. The molecule has 2 aromatic rings. The van der Waals surface area contributed by atoms with Gasteiger partial charge in [-0.3, -0.25) is 4.68 Å². The van der Waals surface area contributed by atoms with Crippen LogP contribution in [0.5, 0.6) is 0 Å². The van der Waals surface area contributed by atoms with Gasteiger partial charge in [0, 0.05) is 13.0 Å². The van der Waals surface area contributed by atoms with Crippen LogP contribution in [0.15, 0.2) is 30.3 Å². The number of hydrogen-bond donors (Lipinski definition) is 1. The van der Waals surface area contributed by atoms with Crippen LogP contribution in [-0.4, -0.2) is 14.8 Å². The first kappa shape index (κ1) is 12.8. The fraction of sp³-hybridized carbons (Fsp3) is 0.429. The average Bonchev–Trinajstić information content (AvgIpc) is 2.73. The quantitative estimate of drug-likeness (QED) is 0.896. The third kappa shape index (κ3) is 2.76. The highest BCUT2D eigenvalue weighted by Crippen LogP contribution is 2.16. The maximum atomic E-state index is 6.22. The number of rotatable bonds is 4. The zero-order valence-corrected chi connectivity index (χ0v) is 11.2. The lowest BCUT2D eigenvalue weighted by molar-refractivity contribution is 0.600. The van der Waals surface area contributed by atoms with Crippen molar-refractivity contribution in [2.45, 2.75) is 32.2 Å². The molecule has 0 saturated carbocycles. The Morgan fingerprint density at radius 1 is 1.22 bits per heavy atom. The molecule has 0 amide bonds. The van der Waals surface area contributed by atoms with Gasteiger partial charge in [0.1, 0.15) is 5.82 Å². The smallest absolute Gasteiger partial charge is 0.153 e. The Kier molecular flexibility index (Phi) is 3.77. The monoisotopic (exact) mass is 244 g/mol. The van der Waals surface area contributed by atoms with E-state index in [1.165, 1.54) is 5.56 Å². The van der Waals surface area contributed by atoms with E-state index in [-0.39, 0.29) is 6.04 Å². The SMILES string of the molecule is CC(C)c1nc(C(N)Cc2ccccc2)n(C)n1. The Hall–Kier alpha value is -1.68. The van der Waals surface area contributed by atoms with E-state index < -0.39 is 0 Å². The van der Waals surface area contributed by atoms with Crippen LogP contribution in [0.1, 0.15) is 43.0 Å². The molecule has 0 aliphatic rings. The highest BCUT2D eigenvalue weighted by molar-refractivity contribution is 5.17. The summed E-state index contributed by atoms with van der Waals surface area (Å²) in [4.78, 5) is 4.53. The van der Waals surface area contributed by atoms with Crippen LogP contribution in [0, 0.1) is 0 Å². The fourth-order valence-corrected chi connectivity index (χ4v) is 1.94. The molecule has 4 nitrogen and oxygen atoms in total. The molecule has 0 spiro atoms. The number of benzene rings is 1. The van der Waals surface area contributed by atoms with Crippen molar-refractivity contribution in [3.8, 4) is 0 Å². The second kappa shape index (κ2) is 5.31. The standard InChI is InChI=1S/C14H20N4/c1-10(2)13-16-14(18(3)17-13)12(15)9-11-7-5-4-6-8-11/h4-8,10,12H,9,15H2,1-3H3. The van der Waals surface area contributed by atoms with Crippen LogP contribution >= 0.6 is 0 Å². The van der Waals surface area contributed by atoms with E-state index in [9.17, 15) is 0 Å². The number of nitrogens with two attached hydrogens (primary N) is 1. The van der Waals surface area contributed by atoms with Gasteiger partial charge in [-0.2, -0.15) is 5.10 Å². The van der Waals surface area contributed by atoms with Gasteiger partial charge in [-0.25, -0.2) is 4.98 Å². The summed E-state index contributed by atoms with van der Waals surface area (Å²) in [5.41, 5.74) is 7.44. The first-order chi connectivity index (χ1) is 8.58. The summed E-state index contributed by atoms with van der Waals surface area (Å²) in [6.45, 7) is 4.17. The van der Waals surface area contributed by atoms with E-state index in [1.807, 2.05) is 25.2 Å². The molecule has 1 unspecified atom stereocenters. The first-order valence-electron chi connectivity index (χ1n) is 6.28. The largest absolute Gasteiger partial charge is 0.321 e. The van der Waals surface area contributed by atoms with Gasteiger partial charge in [0.2, 0.25) is 0 Å². The second-order valence-corrected chi connectivity index (χ2v) is 4.90. The molecule has 0 aliphatic carbocycles. The average molecular weight is 244 g/mol. The summed E-state index contributed by atoms with van der Waals surface area (Å²) in [5.74, 6) is 2.03. The van der Waals surface area contributed by atoms with Crippen LogP contribution in [0.2, 0.25) is 0 Å². The molecule has 0 fully saturated rings. The minimum atomic E-state index is -0.114. The van der Waals surface area contributed by atoms with Gasteiger partial charge >= 0.3 is 0 Å². The van der Waals surface area contributed by atoms with Crippen molar-refractivity contribution in [3.63, 3.8) is 0 Å². The normalized spacial score (nSPS) is 12.9. The predicted octanol–water partition coefficient (Wildman–Crippen LogP) is 2.18. The third-order valence-electron chi connectivity index (χ3n) is 2.96. The summed E-state index contributed by atoms with van der Waals surface area (Å²) in [6, 6.07) is 10.1. The van der Waals surface area contributed by atoms with E-state index in [0.717, 1.165) is 18.1 Å². The van der Waals surface area contributed by atoms with E-state index in [1.54, 1.807) is 4.68 Å². The van der Waals surface area contributed by atoms with E-state index in [0.29, 0.717) is 5.92 Å². The van der Waals surface area contributed by atoms with Crippen molar-refractivity contribution < 1.29 is 0 Å². The Morgan fingerprint density at radius 3 is 2.44 bits per heavy atom. The molecule has 96 valence electrons. The van der Waals surface area contributed by atoms with Crippen LogP contribution in [0.4, 0.5) is 0 Å². The van der Waals surface area contributed by atoms with Crippen molar-refractivity contribution in [3.05, 3.63) is 47.5 Å². The van der Waals surface area contributed by atoms with Gasteiger partial charge in [-0.15, -0.1) is 0 Å². The summed E-state index contributed by atoms with van der Waals surface area (Å²) < 4.78 is 1.79. The molecule has 1 atom stereocenters. The number of hydrogen-bond acceptors (Lipinski definition) is 3. The molecule has 1 aromatic heterocycles. The molecule has 18 heavy (non-hydrogen) atoms. The van der Waals surface area contributed by atoms with Crippen LogP contribution in [0.3, 0.4) is 0 Å². The molecular weight excluding hydrogens is 224 g/mol. The number of aromatic nitrogens is 3. The lowest BCUT2D eigenvalue weighted by Crippen LogP contribution is -2.18.